The van der Waals surface area contributed by atoms with E-state index in [1.807, 2.05) is 42.5 Å². The molecule has 0 aliphatic heterocycles. The largest absolute Gasteiger partial charge is 0.331 e. The highest BCUT2D eigenvalue weighted by atomic mass is 35.5. The molecule has 0 fully saturated rings. The van der Waals surface area contributed by atoms with Gasteiger partial charge in [-0.1, -0.05) is 65.9 Å². The van der Waals surface area contributed by atoms with Gasteiger partial charge < -0.3 is 0 Å². The first-order chi connectivity index (χ1) is 14.5. The summed E-state index contributed by atoms with van der Waals surface area (Å²) in [6.07, 6.45) is 0.630. The fourth-order valence-electron chi connectivity index (χ4n) is 3.40. The molecule has 0 saturated heterocycles. The molecule has 0 N–H and O–H groups in total. The zero-order valence-corrected chi connectivity index (χ0v) is 17.2. The van der Waals surface area contributed by atoms with Gasteiger partial charge in [-0.2, -0.15) is 0 Å². The third-order valence-corrected chi connectivity index (χ3v) is 5.18. The lowest BCUT2D eigenvalue weighted by atomic mass is 10.1. The van der Waals surface area contributed by atoms with Crippen molar-refractivity contribution in [3.05, 3.63) is 115 Å². The Bertz CT molecular complexity index is 1410. The van der Waals surface area contributed by atoms with Crippen molar-refractivity contribution in [1.82, 2.24) is 9.13 Å². The summed E-state index contributed by atoms with van der Waals surface area (Å²) in [6.45, 7) is 0.159. The molecule has 4 aromatic rings. The fraction of sp³-hybridized carbons (Fsp3) is 0.120. The van der Waals surface area contributed by atoms with Gasteiger partial charge in [-0.05, 0) is 41.5 Å². The van der Waals surface area contributed by atoms with Crippen LogP contribution in [-0.4, -0.2) is 9.13 Å². The average Bonchev–Trinajstić information content (AvgIpc) is 2.76. The lowest BCUT2D eigenvalue weighted by molar-refractivity contribution is 0.660. The third kappa shape index (κ3) is 4.07. The van der Waals surface area contributed by atoms with Crippen molar-refractivity contribution in [2.24, 2.45) is 7.05 Å². The van der Waals surface area contributed by atoms with Crippen LogP contribution in [0, 0.1) is 11.8 Å². The number of halogens is 1. The number of nitrogens with zero attached hydrogens (tertiary/aromatic N) is 2. The molecule has 0 aliphatic carbocycles. The SMILES string of the molecule is Cn1c(=O)n(Cc2cccc(Cl)c2)c(=O)c2cc(C#CCc3ccccc3)ccc21. The van der Waals surface area contributed by atoms with Crippen molar-refractivity contribution in [2.75, 3.05) is 0 Å². The highest BCUT2D eigenvalue weighted by Crippen LogP contribution is 2.13. The molecule has 0 atom stereocenters. The van der Waals surface area contributed by atoms with E-state index in [-0.39, 0.29) is 17.8 Å². The minimum atomic E-state index is -0.365. The Morgan fingerprint density at radius 2 is 1.67 bits per heavy atom. The maximum absolute atomic E-state index is 13.1. The van der Waals surface area contributed by atoms with E-state index < -0.39 is 0 Å². The summed E-state index contributed by atoms with van der Waals surface area (Å²) < 4.78 is 2.72. The number of benzene rings is 3. The van der Waals surface area contributed by atoms with Crippen LogP contribution in [0.2, 0.25) is 5.02 Å². The molecular weight excluding hydrogens is 396 g/mol. The summed E-state index contributed by atoms with van der Waals surface area (Å²) in [6, 6.07) is 22.5. The van der Waals surface area contributed by atoms with Crippen LogP contribution >= 0.6 is 11.6 Å². The lowest BCUT2D eigenvalue weighted by Crippen LogP contribution is -2.39. The minimum absolute atomic E-state index is 0.159. The minimum Gasteiger partial charge on any atom is -0.296 e. The van der Waals surface area contributed by atoms with Gasteiger partial charge in [0.1, 0.15) is 0 Å². The quantitative estimate of drug-likeness (QED) is 0.476. The second-order valence-corrected chi connectivity index (χ2v) is 7.50. The first kappa shape index (κ1) is 19.8. The molecule has 0 aliphatic rings. The number of aryl methyl sites for hydroxylation is 1. The molecule has 3 aromatic carbocycles. The van der Waals surface area contributed by atoms with Crippen LogP contribution in [-0.2, 0) is 20.0 Å². The monoisotopic (exact) mass is 414 g/mol. The Morgan fingerprint density at radius 1 is 0.900 bits per heavy atom. The van der Waals surface area contributed by atoms with Gasteiger partial charge in [0.05, 0.1) is 17.4 Å². The van der Waals surface area contributed by atoms with Gasteiger partial charge >= 0.3 is 5.69 Å². The predicted octanol–water partition coefficient (Wildman–Crippen LogP) is 4.00. The highest BCUT2D eigenvalue weighted by Gasteiger charge is 2.12. The Morgan fingerprint density at radius 3 is 2.43 bits per heavy atom. The van der Waals surface area contributed by atoms with Gasteiger partial charge in [-0.25, -0.2) is 4.79 Å². The summed E-state index contributed by atoms with van der Waals surface area (Å²) in [5, 5.41) is 1.03. The van der Waals surface area contributed by atoms with E-state index in [1.54, 1.807) is 37.4 Å². The standard InChI is InChI=1S/C25H19ClN2O2/c1-27-23-14-13-19(10-5-9-18-7-3-2-4-8-18)16-22(23)24(29)28(25(27)30)17-20-11-6-12-21(26)15-20/h2-4,6-8,11-16H,9,17H2,1H3. The average molecular weight is 415 g/mol. The Balaban J connectivity index is 1.74. The van der Waals surface area contributed by atoms with Crippen molar-refractivity contribution in [3.8, 4) is 11.8 Å². The number of aromatic nitrogens is 2. The van der Waals surface area contributed by atoms with Crippen LogP contribution in [0.3, 0.4) is 0 Å². The van der Waals surface area contributed by atoms with Crippen LogP contribution in [0.4, 0.5) is 0 Å². The fourth-order valence-corrected chi connectivity index (χ4v) is 3.61. The first-order valence-electron chi connectivity index (χ1n) is 9.54. The number of hydrogen-bond donors (Lipinski definition) is 0. The molecule has 5 heteroatoms. The van der Waals surface area contributed by atoms with Gasteiger partial charge in [0.2, 0.25) is 0 Å². The zero-order chi connectivity index (χ0) is 21.1. The van der Waals surface area contributed by atoms with Crippen LogP contribution in [0.5, 0.6) is 0 Å². The van der Waals surface area contributed by atoms with E-state index in [2.05, 4.69) is 11.8 Å². The van der Waals surface area contributed by atoms with Crippen molar-refractivity contribution >= 4 is 22.5 Å². The van der Waals surface area contributed by atoms with Gasteiger partial charge in [0.15, 0.2) is 0 Å². The smallest absolute Gasteiger partial charge is 0.296 e. The molecule has 148 valence electrons. The predicted molar refractivity (Wildman–Crippen MR) is 121 cm³/mol. The molecule has 0 bridgehead atoms. The summed E-state index contributed by atoms with van der Waals surface area (Å²) in [5.41, 5.74) is 2.55. The van der Waals surface area contributed by atoms with Crippen molar-refractivity contribution in [2.45, 2.75) is 13.0 Å². The third-order valence-electron chi connectivity index (χ3n) is 4.95. The zero-order valence-electron chi connectivity index (χ0n) is 16.4. The Hall–Kier alpha value is -3.55. The van der Waals surface area contributed by atoms with E-state index in [4.69, 9.17) is 11.6 Å². The topological polar surface area (TPSA) is 44.0 Å². The normalized spacial score (nSPS) is 10.6. The van der Waals surface area contributed by atoms with E-state index in [9.17, 15) is 9.59 Å². The van der Waals surface area contributed by atoms with Crippen LogP contribution in [0.25, 0.3) is 10.9 Å². The highest BCUT2D eigenvalue weighted by molar-refractivity contribution is 6.30. The van der Waals surface area contributed by atoms with Crippen molar-refractivity contribution in [1.29, 1.82) is 0 Å². The van der Waals surface area contributed by atoms with Gasteiger partial charge in [-0.15, -0.1) is 0 Å². The van der Waals surface area contributed by atoms with E-state index in [0.717, 1.165) is 16.7 Å². The molecule has 1 aromatic heterocycles. The summed E-state index contributed by atoms with van der Waals surface area (Å²) >= 11 is 6.04. The molecule has 0 saturated carbocycles. The maximum atomic E-state index is 13.1. The van der Waals surface area contributed by atoms with Crippen LogP contribution in [0.1, 0.15) is 16.7 Å². The molecular formula is C25H19ClN2O2. The van der Waals surface area contributed by atoms with Gasteiger partial charge in [0, 0.05) is 24.1 Å². The summed E-state index contributed by atoms with van der Waals surface area (Å²) in [4.78, 5) is 25.9. The molecule has 1 heterocycles. The number of fused-ring (bicyclic) bond motifs is 1. The molecule has 4 rings (SSSR count). The molecule has 0 radical (unpaired) electrons. The van der Waals surface area contributed by atoms with E-state index in [1.165, 1.54) is 9.13 Å². The van der Waals surface area contributed by atoms with Crippen molar-refractivity contribution < 1.29 is 0 Å². The summed E-state index contributed by atoms with van der Waals surface area (Å²) in [5.74, 6) is 6.27. The van der Waals surface area contributed by atoms with Crippen LogP contribution < -0.4 is 11.2 Å². The second kappa shape index (κ2) is 8.44. The Labute approximate surface area is 179 Å². The molecule has 30 heavy (non-hydrogen) atoms. The summed E-state index contributed by atoms with van der Waals surface area (Å²) in [7, 11) is 1.67. The number of rotatable bonds is 3. The molecule has 0 unspecified atom stereocenters. The van der Waals surface area contributed by atoms with E-state index in [0.29, 0.717) is 22.3 Å². The second-order valence-electron chi connectivity index (χ2n) is 7.06. The molecule has 4 nitrogen and oxygen atoms in total. The number of hydrogen-bond acceptors (Lipinski definition) is 2. The Kier molecular flexibility index (Phi) is 5.56. The van der Waals surface area contributed by atoms with Crippen LogP contribution in [0.15, 0.2) is 82.4 Å². The van der Waals surface area contributed by atoms with Gasteiger partial charge in [-0.3, -0.25) is 13.9 Å². The molecule has 0 amide bonds. The molecule has 0 spiro atoms. The first-order valence-corrected chi connectivity index (χ1v) is 9.91. The lowest BCUT2D eigenvalue weighted by Gasteiger charge is -2.11. The van der Waals surface area contributed by atoms with Crippen molar-refractivity contribution in [3.63, 3.8) is 0 Å². The van der Waals surface area contributed by atoms with Gasteiger partial charge in [0.25, 0.3) is 5.56 Å². The van der Waals surface area contributed by atoms with E-state index >= 15 is 0 Å². The maximum Gasteiger partial charge on any atom is 0.331 e.